The lowest BCUT2D eigenvalue weighted by molar-refractivity contribution is -0.117. The molecule has 0 fully saturated rings. The Kier molecular flexibility index (Phi) is 5.84. The maximum atomic E-state index is 12.5. The van der Waals surface area contributed by atoms with E-state index in [9.17, 15) is 4.79 Å². The van der Waals surface area contributed by atoms with E-state index < -0.39 is 0 Å². The first kappa shape index (κ1) is 19.0. The summed E-state index contributed by atoms with van der Waals surface area (Å²) in [6.45, 7) is 4.28. The molecule has 0 aromatic heterocycles. The molecule has 0 saturated heterocycles. The molecule has 0 aliphatic carbocycles. The van der Waals surface area contributed by atoms with Crippen molar-refractivity contribution in [3.05, 3.63) is 65.7 Å². The van der Waals surface area contributed by atoms with E-state index in [2.05, 4.69) is 19.2 Å². The average molecular weight is 365 g/mol. The molecule has 4 nitrogen and oxygen atoms in total. The van der Waals surface area contributed by atoms with Crippen molar-refractivity contribution in [2.24, 2.45) is 0 Å². The van der Waals surface area contributed by atoms with Crippen molar-refractivity contribution in [2.75, 3.05) is 7.11 Å². The number of hydrogen-bond donors (Lipinski definition) is 1. The van der Waals surface area contributed by atoms with E-state index in [0.717, 1.165) is 41.9 Å². The maximum absolute atomic E-state index is 12.5. The van der Waals surface area contributed by atoms with Crippen LogP contribution in [0.3, 0.4) is 0 Å². The highest BCUT2D eigenvalue weighted by molar-refractivity contribution is 5.92. The molecule has 1 amide bonds. The number of hydrogen-bond acceptors (Lipinski definition) is 3. The highest BCUT2D eigenvalue weighted by Crippen LogP contribution is 2.42. The van der Waals surface area contributed by atoms with Gasteiger partial charge in [0.15, 0.2) is 0 Å². The van der Waals surface area contributed by atoms with Crippen molar-refractivity contribution >= 4 is 12.0 Å². The summed E-state index contributed by atoms with van der Waals surface area (Å²) in [6.07, 6.45) is 5.99. The first-order chi connectivity index (χ1) is 13.1. The Morgan fingerprint density at radius 1 is 1.19 bits per heavy atom. The molecule has 2 aromatic rings. The minimum Gasteiger partial charge on any atom is -0.497 e. The number of carbonyl (C=O) groups is 1. The molecule has 1 atom stereocenters. The van der Waals surface area contributed by atoms with Gasteiger partial charge in [-0.05, 0) is 42.7 Å². The third-order valence-electron chi connectivity index (χ3n) is 5.35. The molecule has 0 radical (unpaired) electrons. The van der Waals surface area contributed by atoms with Crippen molar-refractivity contribution in [3.63, 3.8) is 0 Å². The van der Waals surface area contributed by atoms with Crippen LogP contribution in [0.4, 0.5) is 0 Å². The number of fused-ring (bicyclic) bond motifs is 1. The highest BCUT2D eigenvalue weighted by atomic mass is 16.5. The van der Waals surface area contributed by atoms with Crippen molar-refractivity contribution < 1.29 is 14.3 Å². The van der Waals surface area contributed by atoms with Gasteiger partial charge in [0.2, 0.25) is 5.91 Å². The van der Waals surface area contributed by atoms with Gasteiger partial charge in [-0.3, -0.25) is 4.79 Å². The lowest BCUT2D eigenvalue weighted by atomic mass is 9.83. The summed E-state index contributed by atoms with van der Waals surface area (Å²) in [6, 6.07) is 15.5. The summed E-state index contributed by atoms with van der Waals surface area (Å²) in [7, 11) is 1.64. The van der Waals surface area contributed by atoms with Gasteiger partial charge < -0.3 is 14.8 Å². The zero-order chi connectivity index (χ0) is 19.3. The predicted octanol–water partition coefficient (Wildman–Crippen LogP) is 4.91. The Hall–Kier alpha value is -2.75. The molecule has 1 heterocycles. The number of amides is 1. The highest BCUT2D eigenvalue weighted by Gasteiger charge is 2.38. The van der Waals surface area contributed by atoms with Crippen LogP contribution in [-0.2, 0) is 4.79 Å². The molecule has 1 aliphatic heterocycles. The Labute approximate surface area is 161 Å². The van der Waals surface area contributed by atoms with Gasteiger partial charge in [-0.15, -0.1) is 0 Å². The van der Waals surface area contributed by atoms with Crippen LogP contribution in [-0.4, -0.2) is 18.6 Å². The van der Waals surface area contributed by atoms with Crippen LogP contribution in [0.25, 0.3) is 6.08 Å². The molecule has 1 N–H and O–H groups in total. The molecule has 0 bridgehead atoms. The van der Waals surface area contributed by atoms with E-state index >= 15 is 0 Å². The summed E-state index contributed by atoms with van der Waals surface area (Å²) >= 11 is 0. The van der Waals surface area contributed by atoms with Crippen molar-refractivity contribution in [1.82, 2.24) is 5.32 Å². The van der Waals surface area contributed by atoms with Gasteiger partial charge >= 0.3 is 0 Å². The lowest BCUT2D eigenvalue weighted by Crippen LogP contribution is -2.44. The van der Waals surface area contributed by atoms with Crippen molar-refractivity contribution in [3.8, 4) is 11.5 Å². The second-order valence-corrected chi connectivity index (χ2v) is 6.90. The molecular formula is C23H27NO3. The number of methoxy groups -OCH3 is 1. The molecule has 2 aromatic carbocycles. The lowest BCUT2D eigenvalue weighted by Gasteiger charge is -2.41. The summed E-state index contributed by atoms with van der Waals surface area (Å²) in [5, 5.41) is 3.16. The number of rotatable bonds is 6. The second-order valence-electron chi connectivity index (χ2n) is 6.90. The Morgan fingerprint density at radius 2 is 1.89 bits per heavy atom. The second kappa shape index (κ2) is 8.30. The number of para-hydroxylation sites is 1. The number of nitrogens with one attached hydrogen (secondary N) is 1. The van der Waals surface area contributed by atoms with E-state index in [1.54, 1.807) is 13.2 Å². The minimum atomic E-state index is -0.230. The summed E-state index contributed by atoms with van der Waals surface area (Å²) in [5.74, 6) is 1.57. The molecule has 3 rings (SSSR count). The first-order valence-corrected chi connectivity index (χ1v) is 9.49. The standard InChI is InChI=1S/C23H27NO3/c1-4-23(5-2)16-20(19-8-6-7-9-21(19)27-23)24-22(25)15-12-17-10-13-18(26-3)14-11-17/h6-15,20H,4-5,16H2,1-3H3,(H,24,25)/b15-12+/t20-/m0/s1. The van der Waals surface area contributed by atoms with E-state index in [1.807, 2.05) is 54.6 Å². The normalized spacial score (nSPS) is 17.8. The van der Waals surface area contributed by atoms with Crippen LogP contribution >= 0.6 is 0 Å². The van der Waals surface area contributed by atoms with Crippen molar-refractivity contribution in [1.29, 1.82) is 0 Å². The average Bonchev–Trinajstić information content (AvgIpc) is 2.72. The molecule has 0 unspecified atom stereocenters. The van der Waals surface area contributed by atoms with Gasteiger partial charge in [-0.1, -0.05) is 44.2 Å². The third-order valence-corrected chi connectivity index (χ3v) is 5.35. The number of ether oxygens (including phenoxy) is 2. The van der Waals surface area contributed by atoms with Crippen molar-refractivity contribution in [2.45, 2.75) is 44.8 Å². The topological polar surface area (TPSA) is 47.6 Å². The van der Waals surface area contributed by atoms with Gasteiger partial charge in [0, 0.05) is 18.1 Å². The van der Waals surface area contributed by atoms with Crippen LogP contribution in [0.5, 0.6) is 11.5 Å². The molecule has 1 aliphatic rings. The molecule has 142 valence electrons. The van der Waals surface area contributed by atoms with E-state index in [0.29, 0.717) is 0 Å². The number of carbonyl (C=O) groups excluding carboxylic acids is 1. The van der Waals surface area contributed by atoms with E-state index in [-0.39, 0.29) is 17.6 Å². The summed E-state index contributed by atoms with van der Waals surface area (Å²) < 4.78 is 11.5. The zero-order valence-corrected chi connectivity index (χ0v) is 16.2. The van der Waals surface area contributed by atoms with Crippen LogP contribution in [0.1, 0.15) is 50.3 Å². The molecule has 0 saturated carbocycles. The Balaban J connectivity index is 1.74. The summed E-state index contributed by atoms with van der Waals surface area (Å²) in [5.41, 5.74) is 1.77. The van der Waals surface area contributed by atoms with Crippen LogP contribution in [0.15, 0.2) is 54.6 Å². The largest absolute Gasteiger partial charge is 0.497 e. The Bertz CT molecular complexity index is 807. The monoisotopic (exact) mass is 365 g/mol. The predicted molar refractivity (Wildman–Crippen MR) is 108 cm³/mol. The number of benzene rings is 2. The van der Waals surface area contributed by atoms with Gasteiger partial charge in [0.25, 0.3) is 0 Å². The molecule has 0 spiro atoms. The third kappa shape index (κ3) is 4.33. The van der Waals surface area contributed by atoms with Gasteiger partial charge in [-0.2, -0.15) is 0 Å². The van der Waals surface area contributed by atoms with Gasteiger partial charge in [0.05, 0.1) is 13.2 Å². The maximum Gasteiger partial charge on any atom is 0.244 e. The quantitative estimate of drug-likeness (QED) is 0.740. The smallest absolute Gasteiger partial charge is 0.244 e. The minimum absolute atomic E-state index is 0.0529. The van der Waals surface area contributed by atoms with E-state index in [1.165, 1.54) is 0 Å². The fraction of sp³-hybridized carbons (Fsp3) is 0.348. The van der Waals surface area contributed by atoms with Gasteiger partial charge in [0.1, 0.15) is 17.1 Å². The van der Waals surface area contributed by atoms with E-state index in [4.69, 9.17) is 9.47 Å². The molecule has 27 heavy (non-hydrogen) atoms. The van der Waals surface area contributed by atoms with Crippen LogP contribution in [0.2, 0.25) is 0 Å². The fourth-order valence-corrected chi connectivity index (χ4v) is 3.54. The SMILES string of the molecule is CCC1(CC)C[C@H](NC(=O)/C=C/c2ccc(OC)cc2)c2ccccc2O1. The Morgan fingerprint density at radius 3 is 2.56 bits per heavy atom. The van der Waals surface area contributed by atoms with Crippen LogP contribution < -0.4 is 14.8 Å². The molecular weight excluding hydrogens is 338 g/mol. The first-order valence-electron chi connectivity index (χ1n) is 9.49. The summed E-state index contributed by atoms with van der Waals surface area (Å²) in [4.78, 5) is 12.5. The zero-order valence-electron chi connectivity index (χ0n) is 16.2. The van der Waals surface area contributed by atoms with Gasteiger partial charge in [-0.25, -0.2) is 0 Å². The van der Waals surface area contributed by atoms with Crippen LogP contribution in [0, 0.1) is 0 Å². The molecule has 4 heteroatoms. The fourth-order valence-electron chi connectivity index (χ4n) is 3.54.